The van der Waals surface area contributed by atoms with Gasteiger partial charge in [0.15, 0.2) is 5.78 Å². The van der Waals surface area contributed by atoms with Crippen molar-refractivity contribution < 1.29 is 30.0 Å². The van der Waals surface area contributed by atoms with Gasteiger partial charge in [-0.2, -0.15) is 0 Å². The van der Waals surface area contributed by atoms with Crippen LogP contribution < -0.4 is 0 Å². The van der Waals surface area contributed by atoms with Crippen molar-refractivity contribution in [2.45, 2.75) is 63.8 Å². The molecule has 6 heteroatoms. The van der Waals surface area contributed by atoms with E-state index in [9.17, 15) is 30.0 Å². The predicted octanol–water partition coefficient (Wildman–Crippen LogP) is 1.44. The van der Waals surface area contributed by atoms with Gasteiger partial charge in [-0.15, -0.1) is 0 Å². The first-order valence-corrected chi connectivity index (χ1v) is 9.77. The number of carbonyl (C=O) groups is 2. The van der Waals surface area contributed by atoms with Crippen molar-refractivity contribution in [2.24, 2.45) is 28.6 Å². The van der Waals surface area contributed by atoms with Gasteiger partial charge < -0.3 is 20.4 Å². The highest BCUT2D eigenvalue weighted by Gasteiger charge is 2.69. The molecule has 0 heterocycles. The first kappa shape index (κ1) is 18.8. The lowest BCUT2D eigenvalue weighted by Gasteiger charge is -2.59. The third kappa shape index (κ3) is 2.36. The van der Waals surface area contributed by atoms with Crippen molar-refractivity contribution >= 4 is 11.8 Å². The summed E-state index contributed by atoms with van der Waals surface area (Å²) in [5.74, 6) is -1.31. The molecule has 3 fully saturated rings. The largest absolute Gasteiger partial charge is 0.481 e. The minimum Gasteiger partial charge on any atom is -0.481 e. The quantitative estimate of drug-likeness (QED) is 0.580. The number of allylic oxidation sites excluding steroid dienone is 4. The van der Waals surface area contributed by atoms with Crippen LogP contribution in [0.2, 0.25) is 0 Å². The van der Waals surface area contributed by atoms with Crippen LogP contribution in [0.1, 0.15) is 46.0 Å². The molecule has 0 aromatic heterocycles. The summed E-state index contributed by atoms with van der Waals surface area (Å²) in [5, 5.41) is 42.3. The number of aliphatic hydroxyl groups excluding tert-OH is 2. The second-order valence-electron chi connectivity index (χ2n) is 9.46. The lowest BCUT2D eigenvalue weighted by Crippen LogP contribution is -2.61. The van der Waals surface area contributed by atoms with Crippen molar-refractivity contribution in [1.82, 2.24) is 0 Å². The topological polar surface area (TPSA) is 115 Å². The van der Waals surface area contributed by atoms with Gasteiger partial charge in [-0.1, -0.05) is 25.5 Å². The molecule has 4 aliphatic carbocycles. The fourth-order valence-corrected chi connectivity index (χ4v) is 6.97. The van der Waals surface area contributed by atoms with Crippen LogP contribution in [0.3, 0.4) is 0 Å². The van der Waals surface area contributed by atoms with E-state index >= 15 is 0 Å². The molecule has 27 heavy (non-hydrogen) atoms. The third-order valence-corrected chi connectivity index (χ3v) is 8.32. The van der Waals surface area contributed by atoms with Crippen molar-refractivity contribution in [3.8, 4) is 0 Å². The van der Waals surface area contributed by atoms with Crippen LogP contribution in [0.25, 0.3) is 0 Å². The average molecular weight is 376 g/mol. The summed E-state index contributed by atoms with van der Waals surface area (Å²) in [6.07, 6.45) is 4.84. The molecule has 0 aromatic carbocycles. The summed E-state index contributed by atoms with van der Waals surface area (Å²) < 4.78 is 0. The van der Waals surface area contributed by atoms with Crippen molar-refractivity contribution in [1.29, 1.82) is 0 Å². The maximum Gasteiger partial charge on any atom is 0.306 e. The summed E-state index contributed by atoms with van der Waals surface area (Å²) in [6.45, 7) is 3.88. The summed E-state index contributed by atoms with van der Waals surface area (Å²) in [6, 6.07) is 0. The Morgan fingerprint density at radius 3 is 2.67 bits per heavy atom. The standard InChI is InChI=1S/C21H28O6/c1-19-6-5-12(22)7-11(19)3-4-13-14-8-16(24)21(27,10-17(25)26)20(14,2)9-15(23)18(13)19/h5-7,13-16,18,23-24,27H,3-4,8-10H2,1-2H3,(H,25,26)/t13-,14-,15+,16-,18+,19-,20-,21+/m0/s1. The van der Waals surface area contributed by atoms with Gasteiger partial charge >= 0.3 is 5.97 Å². The second kappa shape index (κ2) is 5.75. The van der Waals surface area contributed by atoms with E-state index < -0.39 is 41.0 Å². The first-order chi connectivity index (χ1) is 12.5. The molecule has 8 atom stereocenters. The Bertz CT molecular complexity index is 756. The summed E-state index contributed by atoms with van der Waals surface area (Å²) >= 11 is 0. The molecule has 6 nitrogen and oxygen atoms in total. The highest BCUT2D eigenvalue weighted by Crippen LogP contribution is 2.67. The van der Waals surface area contributed by atoms with Gasteiger partial charge in [0, 0.05) is 16.7 Å². The summed E-state index contributed by atoms with van der Waals surface area (Å²) in [7, 11) is 0. The molecule has 4 rings (SSSR count). The van der Waals surface area contributed by atoms with Crippen LogP contribution in [0.15, 0.2) is 23.8 Å². The van der Waals surface area contributed by atoms with Crippen LogP contribution >= 0.6 is 0 Å². The van der Waals surface area contributed by atoms with Gasteiger partial charge in [0.05, 0.1) is 18.6 Å². The number of aliphatic carboxylic acids is 1. The fourth-order valence-electron chi connectivity index (χ4n) is 6.97. The molecule has 0 radical (unpaired) electrons. The maximum atomic E-state index is 11.8. The summed E-state index contributed by atoms with van der Waals surface area (Å²) in [4.78, 5) is 23.2. The lowest BCUT2D eigenvalue weighted by atomic mass is 9.46. The Labute approximate surface area is 158 Å². The highest BCUT2D eigenvalue weighted by atomic mass is 16.4. The van der Waals surface area contributed by atoms with Crippen LogP contribution in [0, 0.1) is 28.6 Å². The SMILES string of the molecule is C[C@]12C=CC(=O)C=C1CC[C@@H]1[C@@H]2[C@H](O)C[C@@]2(C)[C@H]1C[C@H](O)[C@]2(O)CC(=O)O. The van der Waals surface area contributed by atoms with Crippen LogP contribution in [0.4, 0.5) is 0 Å². The molecule has 4 N–H and O–H groups in total. The van der Waals surface area contributed by atoms with Gasteiger partial charge in [0.1, 0.15) is 5.60 Å². The van der Waals surface area contributed by atoms with Crippen LogP contribution in [-0.2, 0) is 9.59 Å². The normalized spacial score (nSPS) is 51.2. The zero-order valence-corrected chi connectivity index (χ0v) is 15.8. The van der Waals surface area contributed by atoms with Crippen LogP contribution in [0.5, 0.6) is 0 Å². The molecule has 0 aromatic rings. The van der Waals surface area contributed by atoms with E-state index in [-0.39, 0.29) is 30.0 Å². The molecule has 3 saturated carbocycles. The average Bonchev–Trinajstić information content (AvgIpc) is 2.75. The number of carbonyl (C=O) groups excluding carboxylic acids is 1. The molecular weight excluding hydrogens is 348 g/mol. The predicted molar refractivity (Wildman–Crippen MR) is 96.6 cm³/mol. The Morgan fingerprint density at radius 2 is 2.00 bits per heavy atom. The first-order valence-electron chi connectivity index (χ1n) is 9.77. The highest BCUT2D eigenvalue weighted by molar-refractivity contribution is 6.01. The van der Waals surface area contributed by atoms with Crippen LogP contribution in [-0.4, -0.2) is 50.0 Å². The number of hydrogen-bond acceptors (Lipinski definition) is 5. The number of ketones is 1. The Morgan fingerprint density at radius 1 is 1.30 bits per heavy atom. The zero-order chi connectivity index (χ0) is 19.8. The van der Waals surface area contributed by atoms with Crippen molar-refractivity contribution in [3.05, 3.63) is 23.8 Å². The smallest absolute Gasteiger partial charge is 0.306 e. The number of carboxylic acids is 1. The molecular formula is C21H28O6. The molecule has 0 unspecified atom stereocenters. The van der Waals surface area contributed by atoms with E-state index in [1.807, 2.05) is 13.0 Å². The third-order valence-electron chi connectivity index (χ3n) is 8.32. The number of carboxylic acid groups (broad SMARTS) is 1. The van der Waals surface area contributed by atoms with E-state index in [0.29, 0.717) is 6.42 Å². The molecule has 4 aliphatic rings. The van der Waals surface area contributed by atoms with Gasteiger partial charge in [0.25, 0.3) is 0 Å². The lowest BCUT2D eigenvalue weighted by molar-refractivity contribution is -0.190. The molecule has 148 valence electrons. The van der Waals surface area contributed by atoms with E-state index in [0.717, 1.165) is 18.4 Å². The van der Waals surface area contributed by atoms with E-state index in [2.05, 4.69) is 6.92 Å². The second-order valence-corrected chi connectivity index (χ2v) is 9.46. The molecule has 0 bridgehead atoms. The molecule has 0 amide bonds. The van der Waals surface area contributed by atoms with Crippen molar-refractivity contribution in [3.63, 3.8) is 0 Å². The zero-order valence-electron chi connectivity index (χ0n) is 15.8. The van der Waals surface area contributed by atoms with E-state index in [4.69, 9.17) is 0 Å². The number of aliphatic hydroxyl groups is 3. The number of hydrogen-bond donors (Lipinski definition) is 4. The molecule has 0 spiro atoms. The van der Waals surface area contributed by atoms with Gasteiger partial charge in [-0.05, 0) is 49.7 Å². The van der Waals surface area contributed by atoms with Gasteiger partial charge in [0.2, 0.25) is 0 Å². The minimum absolute atomic E-state index is 0.0248. The minimum atomic E-state index is -1.75. The molecule has 0 saturated heterocycles. The van der Waals surface area contributed by atoms with Gasteiger partial charge in [-0.3, -0.25) is 9.59 Å². The Balaban J connectivity index is 1.75. The van der Waals surface area contributed by atoms with Gasteiger partial charge in [-0.25, -0.2) is 0 Å². The van der Waals surface area contributed by atoms with E-state index in [1.54, 1.807) is 12.2 Å². The fraction of sp³-hybridized carbons (Fsp3) is 0.714. The monoisotopic (exact) mass is 376 g/mol. The Hall–Kier alpha value is -1.50. The van der Waals surface area contributed by atoms with Crippen molar-refractivity contribution in [2.75, 3.05) is 0 Å². The Kier molecular flexibility index (Phi) is 4.01. The number of fused-ring (bicyclic) bond motifs is 5. The number of rotatable bonds is 2. The van der Waals surface area contributed by atoms with E-state index in [1.165, 1.54) is 0 Å². The molecule has 0 aliphatic heterocycles. The summed E-state index contributed by atoms with van der Waals surface area (Å²) in [5.41, 5.74) is -1.99. The maximum absolute atomic E-state index is 11.8.